The maximum Gasteiger partial charge on any atom is 0.537 e. The van der Waals surface area contributed by atoms with Gasteiger partial charge in [-0.1, -0.05) is 0 Å². The van der Waals surface area contributed by atoms with Crippen molar-refractivity contribution in [1.82, 2.24) is 20.4 Å². The van der Waals surface area contributed by atoms with Crippen molar-refractivity contribution >= 4 is 17.7 Å². The van der Waals surface area contributed by atoms with Gasteiger partial charge >= 0.3 is 11.7 Å². The molecule has 2 N–H and O–H groups in total. The van der Waals surface area contributed by atoms with Crippen molar-refractivity contribution in [3.8, 4) is 6.57 Å². The summed E-state index contributed by atoms with van der Waals surface area (Å²) in [5, 5.41) is 5.92. The van der Waals surface area contributed by atoms with Gasteiger partial charge in [0.15, 0.2) is 11.8 Å². The third-order valence-corrected chi connectivity index (χ3v) is 5.47. The molecule has 0 unspecified atom stereocenters. The Kier molecular flexibility index (Phi) is 6.69. The highest BCUT2D eigenvalue weighted by molar-refractivity contribution is 5.97. The average molecular weight is 420 g/mol. The molecule has 3 amide bonds. The van der Waals surface area contributed by atoms with Gasteiger partial charge in [-0.15, -0.1) is 0 Å². The minimum atomic E-state index is -0.812. The first-order valence-electron chi connectivity index (χ1n) is 9.85. The summed E-state index contributed by atoms with van der Waals surface area (Å²) in [5.41, 5.74) is 0. The fourth-order valence-electron chi connectivity index (χ4n) is 4.03. The predicted octanol–water partition coefficient (Wildman–Crippen LogP) is -0.700. The fraction of sp³-hybridized carbons (Fsp3) is 0.632. The van der Waals surface area contributed by atoms with Crippen molar-refractivity contribution in [2.75, 3.05) is 26.7 Å². The monoisotopic (exact) mass is 420 g/mol. The van der Waals surface area contributed by atoms with Crippen molar-refractivity contribution in [2.45, 2.75) is 50.9 Å². The van der Waals surface area contributed by atoms with E-state index in [2.05, 4.69) is 15.5 Å². The number of amides is 3. The third kappa shape index (κ3) is 4.77. The summed E-state index contributed by atoms with van der Waals surface area (Å²) >= 11 is 0. The van der Waals surface area contributed by atoms with Gasteiger partial charge in [0.2, 0.25) is 11.8 Å². The molecule has 1 aromatic rings. The number of fused-ring (bicyclic) bond motifs is 1. The highest BCUT2D eigenvalue weighted by Crippen LogP contribution is 2.28. The molecule has 1 aromatic heterocycles. The minimum absolute atomic E-state index is 0.0258. The molecule has 11 heteroatoms. The lowest BCUT2D eigenvalue weighted by molar-refractivity contribution is -0.142. The van der Waals surface area contributed by atoms with E-state index < -0.39 is 23.8 Å². The van der Waals surface area contributed by atoms with Gasteiger partial charge < -0.3 is 24.4 Å². The van der Waals surface area contributed by atoms with Gasteiger partial charge in [-0.25, -0.2) is 4.79 Å². The molecule has 0 bridgehead atoms. The summed E-state index contributed by atoms with van der Waals surface area (Å²) in [5.74, 6) is -1.32. The topological polar surface area (TPSA) is 129 Å². The summed E-state index contributed by atoms with van der Waals surface area (Å²) in [6.07, 6.45) is 1.92. The van der Waals surface area contributed by atoms with E-state index in [-0.39, 0.29) is 37.5 Å². The third-order valence-electron chi connectivity index (χ3n) is 5.47. The first-order valence-corrected chi connectivity index (χ1v) is 9.85. The van der Waals surface area contributed by atoms with Crippen LogP contribution in [0.3, 0.4) is 0 Å². The highest BCUT2D eigenvalue weighted by Gasteiger charge is 2.47. The van der Waals surface area contributed by atoms with E-state index in [0.29, 0.717) is 30.9 Å². The number of rotatable bonds is 6. The number of nitrogens with zero attached hydrogens (tertiary/aromatic N) is 3. The van der Waals surface area contributed by atoms with Crippen LogP contribution in [0.15, 0.2) is 13.6 Å². The number of aryl methyl sites for hydroxylation is 1. The zero-order chi connectivity index (χ0) is 21.8. The molecule has 2 fully saturated rings. The van der Waals surface area contributed by atoms with Crippen LogP contribution < -0.4 is 16.5 Å². The van der Waals surface area contributed by atoms with Crippen molar-refractivity contribution in [3.63, 3.8) is 0 Å². The molecular weight excluding hydrogens is 394 g/mol. The number of carbonyl (C=O) groups is 3. The Balaban J connectivity index is 1.63. The molecule has 2 aliphatic rings. The summed E-state index contributed by atoms with van der Waals surface area (Å²) < 4.78 is 9.75. The molecule has 3 heterocycles. The van der Waals surface area contributed by atoms with E-state index in [4.69, 9.17) is 15.4 Å². The van der Waals surface area contributed by atoms with Gasteiger partial charge in [-0.3, -0.25) is 14.5 Å². The molecular formula is C19H26N5O6+. The van der Waals surface area contributed by atoms with E-state index in [1.165, 1.54) is 4.90 Å². The molecule has 0 aromatic carbocycles. The van der Waals surface area contributed by atoms with E-state index in [0.717, 1.165) is 6.42 Å². The van der Waals surface area contributed by atoms with Crippen LogP contribution in [0, 0.1) is 13.5 Å². The van der Waals surface area contributed by atoms with Crippen LogP contribution in [0.25, 0.3) is 4.85 Å². The molecule has 162 valence electrons. The molecule has 2 saturated heterocycles. The van der Waals surface area contributed by atoms with Crippen molar-refractivity contribution in [1.29, 1.82) is 0 Å². The lowest BCUT2D eigenvalue weighted by Crippen LogP contribution is -2.59. The molecule has 0 spiro atoms. The van der Waals surface area contributed by atoms with E-state index >= 15 is 0 Å². The van der Waals surface area contributed by atoms with Crippen LogP contribution in [0.4, 0.5) is 0 Å². The van der Waals surface area contributed by atoms with Crippen molar-refractivity contribution in [2.24, 2.45) is 0 Å². The Morgan fingerprint density at radius 1 is 1.30 bits per heavy atom. The Bertz CT molecular complexity index is 915. The Hall–Kier alpha value is -2.97. The van der Waals surface area contributed by atoms with E-state index in [1.807, 2.05) is 0 Å². The minimum Gasteiger partial charge on any atom is -0.396 e. The highest BCUT2D eigenvalue weighted by atomic mass is 16.6. The zero-order valence-corrected chi connectivity index (χ0v) is 17.1. The number of carbonyl (C=O) groups excluding carboxylic acids is 3. The fourth-order valence-corrected chi connectivity index (χ4v) is 4.03. The van der Waals surface area contributed by atoms with Crippen LogP contribution in [0.1, 0.15) is 30.8 Å². The standard InChI is InChI=1S/C19H25N5O6/c1-11-15(30-19(28)29-11)9-23(3)10-16(25)22-13-8-21-7-6-12-4-5-14(17(26)20-2)24(12)18(13)27/h2,12-14,21H,4-10H2,1,3H3/p+1/t12-,13+,14+/m1/s1. The normalized spacial score (nSPS) is 24.1. The van der Waals surface area contributed by atoms with Gasteiger partial charge in [-0.05, 0) is 39.8 Å². The van der Waals surface area contributed by atoms with Crippen LogP contribution in [0.2, 0.25) is 0 Å². The van der Waals surface area contributed by atoms with Crippen LogP contribution in [0.5, 0.6) is 0 Å². The van der Waals surface area contributed by atoms with Gasteiger partial charge in [0.25, 0.3) is 6.57 Å². The second-order valence-corrected chi connectivity index (χ2v) is 7.68. The van der Waals surface area contributed by atoms with Crippen molar-refractivity contribution < 1.29 is 23.2 Å². The van der Waals surface area contributed by atoms with Gasteiger partial charge in [0.1, 0.15) is 11.8 Å². The molecule has 0 radical (unpaired) electrons. The molecule has 11 nitrogen and oxygen atoms in total. The Labute approximate surface area is 173 Å². The summed E-state index contributed by atoms with van der Waals surface area (Å²) in [7, 11) is 1.68. The molecule has 3 rings (SSSR count). The number of likely N-dealkylation sites (N-methyl/N-ethyl adjacent to an activating group) is 1. The zero-order valence-electron chi connectivity index (χ0n) is 17.1. The van der Waals surface area contributed by atoms with E-state index in [1.54, 1.807) is 18.9 Å². The van der Waals surface area contributed by atoms with Crippen LogP contribution in [-0.2, 0) is 20.9 Å². The summed E-state index contributed by atoms with van der Waals surface area (Å²) in [4.78, 5) is 55.3. The average Bonchev–Trinajstić information content (AvgIpc) is 3.24. The Morgan fingerprint density at radius 3 is 2.73 bits per heavy atom. The number of hydrogen-bond donors (Lipinski definition) is 2. The SMILES string of the molecule is C#[N+]C(=O)[C@@H]1CC[C@@H]2CCNC[C@H](NC(=O)CN(C)Cc3oc(=O)oc3C)C(=O)N21. The van der Waals surface area contributed by atoms with Crippen LogP contribution >= 0.6 is 0 Å². The predicted molar refractivity (Wildman–Crippen MR) is 105 cm³/mol. The number of nitrogens with one attached hydrogen (secondary N) is 2. The van der Waals surface area contributed by atoms with Gasteiger partial charge in [0.05, 0.1) is 13.1 Å². The maximum atomic E-state index is 13.1. The van der Waals surface area contributed by atoms with Gasteiger partial charge in [0, 0.05) is 17.4 Å². The first kappa shape index (κ1) is 21.7. The molecule has 0 saturated carbocycles. The first-order chi connectivity index (χ1) is 14.3. The van der Waals surface area contributed by atoms with Gasteiger partial charge in [-0.2, -0.15) is 4.79 Å². The smallest absolute Gasteiger partial charge is 0.396 e. The lowest BCUT2D eigenvalue weighted by atomic mass is 10.1. The number of hydrogen-bond acceptors (Lipinski definition) is 8. The quantitative estimate of drug-likeness (QED) is 0.618. The maximum absolute atomic E-state index is 13.1. The second-order valence-electron chi connectivity index (χ2n) is 7.68. The molecule has 30 heavy (non-hydrogen) atoms. The summed E-state index contributed by atoms with van der Waals surface area (Å²) in [6.45, 7) is 7.85. The molecule has 2 aliphatic heterocycles. The van der Waals surface area contributed by atoms with Crippen molar-refractivity contribution in [3.05, 3.63) is 27.0 Å². The molecule has 3 atom stereocenters. The second kappa shape index (κ2) is 9.23. The van der Waals surface area contributed by atoms with Crippen LogP contribution in [-0.4, -0.2) is 72.3 Å². The Morgan fingerprint density at radius 2 is 2.07 bits per heavy atom. The largest absolute Gasteiger partial charge is 0.537 e. The van der Waals surface area contributed by atoms with E-state index in [9.17, 15) is 19.2 Å². The molecule has 0 aliphatic carbocycles. The summed E-state index contributed by atoms with van der Waals surface area (Å²) in [6, 6.07) is -1.58. The lowest BCUT2D eigenvalue weighted by Gasteiger charge is -2.33.